The average Bonchev–Trinajstić information content (AvgIpc) is 3.25. The maximum Gasteiger partial charge on any atom is 0.293 e. The minimum absolute atomic E-state index is 0.0531. The summed E-state index contributed by atoms with van der Waals surface area (Å²) in [5, 5.41) is 4.34. The predicted octanol–water partition coefficient (Wildman–Crippen LogP) is 3.78. The van der Waals surface area contributed by atoms with Gasteiger partial charge < -0.3 is 19.8 Å². The molecule has 0 aliphatic carbocycles. The predicted molar refractivity (Wildman–Crippen MR) is 136 cm³/mol. The highest BCUT2D eigenvalue weighted by Crippen LogP contribution is 2.23. The zero-order chi connectivity index (χ0) is 23.7. The number of nitrogens with one attached hydrogen (secondary N) is 2. The van der Waals surface area contributed by atoms with E-state index in [2.05, 4.69) is 35.4 Å². The molecule has 7 heteroatoms. The van der Waals surface area contributed by atoms with Crippen molar-refractivity contribution >= 4 is 33.7 Å². The number of aryl methyl sites for hydroxylation is 2. The van der Waals surface area contributed by atoms with Crippen LogP contribution in [0, 0.1) is 12.8 Å². The van der Waals surface area contributed by atoms with Gasteiger partial charge in [0.15, 0.2) is 5.82 Å². The summed E-state index contributed by atoms with van der Waals surface area (Å²) in [6, 6.07) is 14.1. The van der Waals surface area contributed by atoms with Crippen molar-refractivity contribution in [3.63, 3.8) is 0 Å². The number of hydrogen-bond acceptors (Lipinski definition) is 4. The molecule has 1 saturated heterocycles. The lowest BCUT2D eigenvalue weighted by molar-refractivity contribution is -0.125. The summed E-state index contributed by atoms with van der Waals surface area (Å²) in [6.45, 7) is 6.49. The number of aromatic nitrogens is 3. The number of anilines is 1. The van der Waals surface area contributed by atoms with E-state index in [-0.39, 0.29) is 17.4 Å². The molecule has 0 radical (unpaired) electrons. The molecular formula is C27H31N5O2. The summed E-state index contributed by atoms with van der Waals surface area (Å²) < 4.78 is 1.77. The minimum atomic E-state index is -0.151. The van der Waals surface area contributed by atoms with E-state index < -0.39 is 0 Å². The molecule has 1 amide bonds. The molecule has 1 aliphatic heterocycles. The highest BCUT2D eigenvalue weighted by Gasteiger charge is 2.28. The van der Waals surface area contributed by atoms with E-state index in [1.807, 2.05) is 42.3 Å². The number of para-hydroxylation sites is 2. The number of benzene rings is 2. The number of rotatable bonds is 6. The maximum absolute atomic E-state index is 13.2. The topological polar surface area (TPSA) is 83.0 Å². The van der Waals surface area contributed by atoms with Crippen molar-refractivity contribution in [1.29, 1.82) is 0 Å². The summed E-state index contributed by atoms with van der Waals surface area (Å²) >= 11 is 0. The van der Waals surface area contributed by atoms with Gasteiger partial charge in [-0.05, 0) is 62.9 Å². The van der Waals surface area contributed by atoms with Crippen molar-refractivity contribution in [2.75, 3.05) is 24.5 Å². The average molecular weight is 458 g/mol. The van der Waals surface area contributed by atoms with E-state index in [1.165, 1.54) is 16.5 Å². The van der Waals surface area contributed by atoms with E-state index >= 15 is 0 Å². The van der Waals surface area contributed by atoms with E-state index in [0.29, 0.717) is 25.5 Å². The van der Waals surface area contributed by atoms with Crippen molar-refractivity contribution in [3.05, 3.63) is 70.1 Å². The molecule has 2 aromatic carbocycles. The molecule has 4 aromatic rings. The van der Waals surface area contributed by atoms with Crippen LogP contribution in [0.4, 0.5) is 5.82 Å². The zero-order valence-electron chi connectivity index (χ0n) is 19.8. The quantitative estimate of drug-likeness (QED) is 0.462. The molecule has 0 bridgehead atoms. The molecule has 1 aliphatic rings. The van der Waals surface area contributed by atoms with Gasteiger partial charge in [0.2, 0.25) is 5.91 Å². The molecule has 2 aromatic heterocycles. The van der Waals surface area contributed by atoms with Crippen molar-refractivity contribution in [2.24, 2.45) is 5.92 Å². The molecule has 1 fully saturated rings. The van der Waals surface area contributed by atoms with E-state index in [1.54, 1.807) is 4.57 Å². The van der Waals surface area contributed by atoms with E-state index in [4.69, 9.17) is 4.98 Å². The first-order valence-corrected chi connectivity index (χ1v) is 12.1. The Morgan fingerprint density at radius 2 is 2.09 bits per heavy atom. The number of piperidine rings is 1. The molecule has 0 spiro atoms. The summed E-state index contributed by atoms with van der Waals surface area (Å²) in [5.41, 5.74) is 5.12. The van der Waals surface area contributed by atoms with Crippen LogP contribution in [0.1, 0.15) is 30.9 Å². The number of fused-ring (bicyclic) bond motifs is 2. The second-order valence-corrected chi connectivity index (χ2v) is 9.16. The normalized spacial score (nSPS) is 16.3. The van der Waals surface area contributed by atoms with Crippen molar-refractivity contribution in [1.82, 2.24) is 19.9 Å². The third-order valence-corrected chi connectivity index (χ3v) is 6.86. The lowest BCUT2D eigenvalue weighted by Gasteiger charge is -2.32. The standard InChI is InChI=1S/C27H31N5O2/c1-3-32-24-9-5-4-8-23(24)30-25(27(32)34)31-14-6-7-20(17-31)26(33)28-13-12-19-16-29-22-11-10-18(2)15-21(19)22/h4-5,8-11,15-16,20,29H,3,6-7,12-14,17H2,1-2H3,(H,28,33)/t20-/m1/s1. The number of carbonyl (C=O) groups excluding carboxylic acids is 1. The number of nitrogens with zero attached hydrogens (tertiary/aromatic N) is 3. The Labute approximate surface area is 198 Å². The zero-order valence-corrected chi connectivity index (χ0v) is 19.8. The van der Waals surface area contributed by atoms with Gasteiger partial charge >= 0.3 is 0 Å². The molecule has 34 heavy (non-hydrogen) atoms. The molecule has 3 heterocycles. The molecule has 0 saturated carbocycles. The number of H-pyrrole nitrogens is 1. The summed E-state index contributed by atoms with van der Waals surface area (Å²) in [5.74, 6) is 0.353. The summed E-state index contributed by atoms with van der Waals surface area (Å²) in [7, 11) is 0. The fraction of sp³-hybridized carbons (Fsp3) is 0.370. The minimum Gasteiger partial charge on any atom is -0.361 e. The van der Waals surface area contributed by atoms with Gasteiger partial charge in [0.25, 0.3) is 5.56 Å². The summed E-state index contributed by atoms with van der Waals surface area (Å²) in [6.07, 6.45) is 4.49. The Morgan fingerprint density at radius 1 is 1.24 bits per heavy atom. The Bertz CT molecular complexity index is 1400. The van der Waals surface area contributed by atoms with Crippen LogP contribution < -0.4 is 15.8 Å². The third-order valence-electron chi connectivity index (χ3n) is 6.86. The second-order valence-electron chi connectivity index (χ2n) is 9.16. The van der Waals surface area contributed by atoms with E-state index in [0.717, 1.165) is 42.4 Å². The molecule has 7 nitrogen and oxygen atoms in total. The maximum atomic E-state index is 13.2. The smallest absolute Gasteiger partial charge is 0.293 e. The van der Waals surface area contributed by atoms with Gasteiger partial charge in [0.1, 0.15) is 0 Å². The van der Waals surface area contributed by atoms with Crippen LogP contribution in [0.25, 0.3) is 21.9 Å². The Balaban J connectivity index is 1.27. The van der Waals surface area contributed by atoms with Gasteiger partial charge in [-0.2, -0.15) is 0 Å². The van der Waals surface area contributed by atoms with Crippen molar-refractivity contribution < 1.29 is 4.79 Å². The van der Waals surface area contributed by atoms with Crippen LogP contribution in [-0.4, -0.2) is 40.1 Å². The molecule has 1 atom stereocenters. The van der Waals surface area contributed by atoms with Gasteiger partial charge in [0, 0.05) is 43.3 Å². The lowest BCUT2D eigenvalue weighted by Crippen LogP contribution is -2.46. The first-order valence-electron chi connectivity index (χ1n) is 12.1. The number of hydrogen-bond donors (Lipinski definition) is 2. The van der Waals surface area contributed by atoms with Crippen LogP contribution in [-0.2, 0) is 17.8 Å². The SMILES string of the molecule is CCn1c(=O)c(N2CCC[C@@H](C(=O)NCCc3c[nH]c4ccc(C)cc34)C2)nc2ccccc21. The van der Waals surface area contributed by atoms with Crippen LogP contribution in [0.3, 0.4) is 0 Å². The van der Waals surface area contributed by atoms with Crippen LogP contribution in [0.2, 0.25) is 0 Å². The second kappa shape index (κ2) is 9.33. The highest BCUT2D eigenvalue weighted by molar-refractivity contribution is 5.84. The summed E-state index contributed by atoms with van der Waals surface area (Å²) in [4.78, 5) is 36.2. The van der Waals surface area contributed by atoms with Gasteiger partial charge in [0.05, 0.1) is 17.0 Å². The highest BCUT2D eigenvalue weighted by atomic mass is 16.2. The lowest BCUT2D eigenvalue weighted by atomic mass is 9.97. The van der Waals surface area contributed by atoms with Gasteiger partial charge in [-0.1, -0.05) is 23.8 Å². The molecular weight excluding hydrogens is 426 g/mol. The molecule has 176 valence electrons. The monoisotopic (exact) mass is 457 g/mol. The number of aromatic amines is 1. The van der Waals surface area contributed by atoms with Crippen molar-refractivity contribution in [2.45, 2.75) is 39.7 Å². The Hall–Kier alpha value is -3.61. The third kappa shape index (κ3) is 4.18. The van der Waals surface area contributed by atoms with Crippen LogP contribution in [0.5, 0.6) is 0 Å². The van der Waals surface area contributed by atoms with E-state index in [9.17, 15) is 9.59 Å². The fourth-order valence-corrected chi connectivity index (χ4v) is 5.05. The first kappa shape index (κ1) is 22.2. The first-order chi connectivity index (χ1) is 16.5. The molecule has 2 N–H and O–H groups in total. The number of amides is 1. The Morgan fingerprint density at radius 3 is 2.94 bits per heavy atom. The largest absolute Gasteiger partial charge is 0.361 e. The van der Waals surface area contributed by atoms with Gasteiger partial charge in [-0.25, -0.2) is 4.98 Å². The molecule has 0 unspecified atom stereocenters. The van der Waals surface area contributed by atoms with Crippen molar-refractivity contribution in [3.8, 4) is 0 Å². The number of carbonyl (C=O) groups is 1. The van der Waals surface area contributed by atoms with Crippen LogP contribution in [0.15, 0.2) is 53.5 Å². The van der Waals surface area contributed by atoms with Gasteiger partial charge in [-0.15, -0.1) is 0 Å². The Kier molecular flexibility index (Phi) is 6.09. The van der Waals surface area contributed by atoms with Crippen LogP contribution >= 0.6 is 0 Å². The fourth-order valence-electron chi connectivity index (χ4n) is 5.05. The molecule has 5 rings (SSSR count). The van der Waals surface area contributed by atoms with Gasteiger partial charge in [-0.3, -0.25) is 9.59 Å².